The maximum absolute atomic E-state index is 13.1. The average molecular weight is 577 g/mol. The minimum absolute atomic E-state index is 0.0103. The summed E-state index contributed by atoms with van der Waals surface area (Å²) in [6.07, 6.45) is -1.19. The lowest BCUT2D eigenvalue weighted by molar-refractivity contribution is -0.142. The van der Waals surface area contributed by atoms with Crippen LogP contribution in [0.4, 0.5) is 13.2 Å². The second kappa shape index (κ2) is 12.5. The third-order valence-corrected chi connectivity index (χ3v) is 7.49. The predicted octanol–water partition coefficient (Wildman–Crippen LogP) is 7.06. The summed E-state index contributed by atoms with van der Waals surface area (Å²) in [7, 11) is 1.54. The first-order valence-corrected chi connectivity index (χ1v) is 13.6. The van der Waals surface area contributed by atoms with E-state index in [0.717, 1.165) is 23.3 Å². The molecule has 1 saturated heterocycles. The fourth-order valence-corrected chi connectivity index (χ4v) is 5.44. The van der Waals surface area contributed by atoms with E-state index < -0.39 is 29.7 Å². The lowest BCUT2D eigenvalue weighted by Crippen LogP contribution is -2.25. The number of carbonyl (C=O) groups excluding carboxylic acids is 2. The Bertz CT molecular complexity index is 1510. The molecule has 2 fully saturated rings. The summed E-state index contributed by atoms with van der Waals surface area (Å²) in [4.78, 5) is 29.1. The Kier molecular flexibility index (Phi) is 8.62. The highest BCUT2D eigenvalue weighted by molar-refractivity contribution is 5.90. The molecule has 3 aromatic rings. The van der Waals surface area contributed by atoms with Crippen LogP contribution in [0.3, 0.4) is 0 Å². The van der Waals surface area contributed by atoms with Crippen LogP contribution in [-0.2, 0) is 20.4 Å². The van der Waals surface area contributed by atoms with E-state index in [2.05, 4.69) is 10.9 Å². The molecule has 1 aliphatic heterocycles. The Balaban J connectivity index is 1.28. The third kappa shape index (κ3) is 6.82. The van der Waals surface area contributed by atoms with Crippen molar-refractivity contribution < 1.29 is 37.0 Å². The zero-order valence-electron chi connectivity index (χ0n) is 22.8. The first-order chi connectivity index (χ1) is 20.2. The lowest BCUT2D eigenvalue weighted by atomic mass is 9.90. The van der Waals surface area contributed by atoms with Crippen molar-refractivity contribution in [2.75, 3.05) is 13.7 Å². The van der Waals surface area contributed by atoms with Gasteiger partial charge < -0.3 is 14.2 Å². The Labute approximate surface area is 241 Å². The van der Waals surface area contributed by atoms with Crippen molar-refractivity contribution in [1.29, 1.82) is 0 Å². The van der Waals surface area contributed by atoms with Crippen LogP contribution in [-0.4, -0.2) is 37.8 Å². The fourth-order valence-electron chi connectivity index (χ4n) is 5.44. The molecule has 5 atom stereocenters. The number of hydrogen-bond donors (Lipinski definition) is 0. The Morgan fingerprint density at radius 2 is 1.81 bits per heavy atom. The van der Waals surface area contributed by atoms with Gasteiger partial charge >= 0.3 is 18.1 Å². The average Bonchev–Trinajstić information content (AvgIpc) is 3.49. The van der Waals surface area contributed by atoms with Crippen molar-refractivity contribution in [1.82, 2.24) is 0 Å². The van der Waals surface area contributed by atoms with Crippen LogP contribution in [0.15, 0.2) is 91.0 Å². The molecule has 0 bridgehead atoms. The van der Waals surface area contributed by atoms with Gasteiger partial charge in [0.2, 0.25) is 0 Å². The number of alkyl halides is 3. The number of carbonyl (C=O) groups is 2. The van der Waals surface area contributed by atoms with E-state index in [-0.39, 0.29) is 42.7 Å². The molecule has 0 spiro atoms. The highest BCUT2D eigenvalue weighted by atomic mass is 19.4. The minimum atomic E-state index is -4.48. The van der Waals surface area contributed by atoms with Crippen LogP contribution in [0.25, 0.3) is 16.0 Å². The summed E-state index contributed by atoms with van der Waals surface area (Å²) < 4.78 is 56.3. The van der Waals surface area contributed by atoms with E-state index in [4.69, 9.17) is 14.2 Å². The molecule has 0 amide bonds. The van der Waals surface area contributed by atoms with Gasteiger partial charge in [0.05, 0.1) is 17.5 Å². The van der Waals surface area contributed by atoms with E-state index in [1.165, 1.54) is 19.2 Å². The molecule has 6 nitrogen and oxygen atoms in total. The van der Waals surface area contributed by atoms with E-state index in [0.29, 0.717) is 12.0 Å². The first-order valence-electron chi connectivity index (χ1n) is 13.6. The van der Waals surface area contributed by atoms with E-state index >= 15 is 0 Å². The van der Waals surface area contributed by atoms with Gasteiger partial charge in [-0.3, -0.25) is 4.79 Å². The monoisotopic (exact) mass is 576 g/mol. The van der Waals surface area contributed by atoms with Crippen molar-refractivity contribution >= 4 is 11.9 Å². The lowest BCUT2D eigenvalue weighted by Gasteiger charge is -2.20. The number of fused-ring (bicyclic) bond motifs is 1. The molecule has 216 valence electrons. The summed E-state index contributed by atoms with van der Waals surface area (Å²) in [5, 5.41) is 0. The molecular weight excluding hydrogens is 547 g/mol. The van der Waals surface area contributed by atoms with Gasteiger partial charge in [-0.1, -0.05) is 65.5 Å². The highest BCUT2D eigenvalue weighted by Crippen LogP contribution is 2.44. The molecule has 9 heteroatoms. The zero-order chi connectivity index (χ0) is 29.7. The fraction of sp³-hybridized carbons (Fsp3) is 0.303. The number of benzene rings is 3. The molecule has 1 saturated carbocycles. The van der Waals surface area contributed by atoms with Crippen molar-refractivity contribution in [2.24, 2.45) is 17.8 Å². The molecule has 3 aromatic carbocycles. The van der Waals surface area contributed by atoms with Gasteiger partial charge in [0.15, 0.2) is 0 Å². The number of halogens is 3. The van der Waals surface area contributed by atoms with Crippen LogP contribution in [0, 0.1) is 23.8 Å². The van der Waals surface area contributed by atoms with Crippen molar-refractivity contribution in [3.63, 3.8) is 0 Å². The van der Waals surface area contributed by atoms with Crippen LogP contribution in [0.1, 0.15) is 28.8 Å². The topological polar surface area (TPSA) is 66.2 Å². The maximum Gasteiger partial charge on any atom is 0.416 e. The van der Waals surface area contributed by atoms with Crippen LogP contribution < -0.4 is 4.74 Å². The molecule has 5 rings (SSSR count). The van der Waals surface area contributed by atoms with Gasteiger partial charge in [-0.2, -0.15) is 13.2 Å². The SMILES string of the molecule is C[N+]#CC(/C=C/C1[C@H]2CC(=O)O[C@H]2C[C@H]1OC(=O)c1ccc(-c2ccccc2)cc1)COc1cccc(C(F)(F)F)c1. The van der Waals surface area contributed by atoms with Gasteiger partial charge in [-0.25, -0.2) is 4.79 Å². The summed E-state index contributed by atoms with van der Waals surface area (Å²) in [6.45, 7) is -0.0103. The molecule has 0 radical (unpaired) electrons. The normalized spacial score (nSPS) is 22.1. The van der Waals surface area contributed by atoms with Crippen LogP contribution in [0.5, 0.6) is 5.75 Å². The molecule has 0 aromatic heterocycles. The summed E-state index contributed by atoms with van der Waals surface area (Å²) >= 11 is 0. The number of esters is 2. The van der Waals surface area contributed by atoms with E-state index in [9.17, 15) is 22.8 Å². The molecular formula is C33H29F3NO5+. The van der Waals surface area contributed by atoms with Crippen LogP contribution in [0.2, 0.25) is 0 Å². The summed E-state index contributed by atoms with van der Waals surface area (Å²) in [5.41, 5.74) is 1.61. The van der Waals surface area contributed by atoms with Gasteiger partial charge in [-0.05, 0) is 41.5 Å². The Morgan fingerprint density at radius 1 is 1.07 bits per heavy atom. The highest BCUT2D eigenvalue weighted by Gasteiger charge is 2.50. The third-order valence-electron chi connectivity index (χ3n) is 7.49. The number of nitrogens with zero attached hydrogens (tertiary/aromatic N) is 1. The zero-order valence-corrected chi connectivity index (χ0v) is 22.8. The summed E-state index contributed by atoms with van der Waals surface area (Å²) in [6, 6.07) is 24.5. The van der Waals surface area contributed by atoms with Crippen molar-refractivity contribution in [3.05, 3.63) is 107 Å². The minimum Gasteiger partial charge on any atom is -0.492 e. The van der Waals surface area contributed by atoms with Gasteiger partial charge in [0, 0.05) is 18.3 Å². The Morgan fingerprint density at radius 3 is 2.52 bits per heavy atom. The van der Waals surface area contributed by atoms with Gasteiger partial charge in [0.1, 0.15) is 30.5 Å². The van der Waals surface area contributed by atoms with E-state index in [1.807, 2.05) is 48.5 Å². The molecule has 1 aliphatic carbocycles. The van der Waals surface area contributed by atoms with E-state index in [1.54, 1.807) is 18.2 Å². The number of rotatable bonds is 8. The predicted molar refractivity (Wildman–Crippen MR) is 150 cm³/mol. The molecule has 2 aliphatic rings. The molecule has 1 heterocycles. The smallest absolute Gasteiger partial charge is 0.416 e. The second-order valence-corrected chi connectivity index (χ2v) is 10.3. The first kappa shape index (κ1) is 28.9. The summed E-state index contributed by atoms with van der Waals surface area (Å²) in [5.74, 6) is -1.68. The van der Waals surface area contributed by atoms with Crippen molar-refractivity contribution in [2.45, 2.75) is 31.2 Å². The standard InChI is InChI=1S/C33H29F3NO5/c1-37-19-21(20-40-26-9-5-8-25(16-26)33(34,35)36)10-15-27-28-17-31(38)41-30(28)18-29(27)42-32(39)24-13-11-23(12-14-24)22-6-3-2-4-7-22/h2-16,21,27-30H,17-18,20H2,1H3/q+1/b15-10+/t21?,27?,28-,29-,30+/m1/s1. The number of hydrogen-bond acceptors (Lipinski definition) is 5. The largest absolute Gasteiger partial charge is 0.492 e. The molecule has 2 unspecified atom stereocenters. The number of ether oxygens (including phenoxy) is 3. The molecule has 0 N–H and O–H groups in total. The maximum atomic E-state index is 13.1. The van der Waals surface area contributed by atoms with Crippen molar-refractivity contribution in [3.8, 4) is 22.9 Å². The van der Waals surface area contributed by atoms with Crippen LogP contribution >= 0.6 is 0 Å². The molecule has 42 heavy (non-hydrogen) atoms. The van der Waals surface area contributed by atoms with Gasteiger partial charge in [0.25, 0.3) is 13.1 Å². The quantitative estimate of drug-likeness (QED) is 0.212. The Hall–Kier alpha value is -4.58. The second-order valence-electron chi connectivity index (χ2n) is 10.3. The van der Waals surface area contributed by atoms with Gasteiger partial charge in [-0.15, -0.1) is 0 Å².